The third-order valence-corrected chi connectivity index (χ3v) is 7.02. The van der Waals surface area contributed by atoms with E-state index in [-0.39, 0.29) is 29.7 Å². The molecular weight excluding hydrogens is 438 g/mol. The summed E-state index contributed by atoms with van der Waals surface area (Å²) >= 11 is 1.20. The van der Waals surface area contributed by atoms with Gasteiger partial charge in [-0.1, -0.05) is 11.3 Å². The molecule has 10 heteroatoms. The number of nitrogens with zero attached hydrogens (tertiary/aromatic N) is 2. The summed E-state index contributed by atoms with van der Waals surface area (Å²) in [6.07, 6.45) is 1.26. The minimum atomic E-state index is -3.33. The fourth-order valence-electron chi connectivity index (χ4n) is 3.42. The predicted octanol–water partition coefficient (Wildman–Crippen LogP) is 3.09. The molecule has 1 aliphatic heterocycles. The van der Waals surface area contributed by atoms with Gasteiger partial charge in [-0.15, -0.1) is 0 Å². The van der Waals surface area contributed by atoms with Crippen molar-refractivity contribution < 1.29 is 22.7 Å². The summed E-state index contributed by atoms with van der Waals surface area (Å²) in [5, 5.41) is 3.14. The van der Waals surface area contributed by atoms with Crippen LogP contribution in [0.3, 0.4) is 0 Å². The van der Waals surface area contributed by atoms with E-state index in [1.807, 2.05) is 6.92 Å². The molecule has 2 heterocycles. The summed E-state index contributed by atoms with van der Waals surface area (Å²) in [6, 6.07) is 11.9. The Hall–Kier alpha value is -2.98. The first-order valence-corrected chi connectivity index (χ1v) is 12.4. The molecule has 0 spiro atoms. The summed E-state index contributed by atoms with van der Waals surface area (Å²) < 4.78 is 29.6. The van der Waals surface area contributed by atoms with Crippen LogP contribution >= 0.6 is 11.3 Å². The Morgan fingerprint density at radius 3 is 2.68 bits per heavy atom. The smallest absolute Gasteiger partial charge is 0.231 e. The third kappa shape index (κ3) is 4.54. The number of fused-ring (bicyclic) bond motifs is 1. The van der Waals surface area contributed by atoms with Crippen LogP contribution in [0.2, 0.25) is 0 Å². The molecule has 2 amide bonds. The van der Waals surface area contributed by atoms with E-state index < -0.39 is 15.8 Å². The standard InChI is InChI=1S/C21H21N3O5S2/c1-3-29-15-6-4-14(5-7-15)24-12-13(10-19(24)25)20(26)23-21-22-17-9-8-16(31(2,27)28)11-18(17)30-21/h4-9,11,13H,3,10,12H2,1-2H3,(H,22,23,26)/t13-/m1/s1. The highest BCUT2D eigenvalue weighted by molar-refractivity contribution is 7.90. The van der Waals surface area contributed by atoms with Crippen LogP contribution in [0.25, 0.3) is 10.2 Å². The molecule has 3 aromatic rings. The summed E-state index contributed by atoms with van der Waals surface area (Å²) in [7, 11) is -3.33. The van der Waals surface area contributed by atoms with E-state index in [0.717, 1.165) is 17.7 Å². The molecule has 1 fully saturated rings. The maximum Gasteiger partial charge on any atom is 0.231 e. The van der Waals surface area contributed by atoms with Crippen molar-refractivity contribution in [1.82, 2.24) is 4.98 Å². The molecule has 1 atom stereocenters. The number of carbonyl (C=O) groups is 2. The number of anilines is 2. The molecule has 1 N–H and O–H groups in total. The molecule has 0 unspecified atom stereocenters. The maximum atomic E-state index is 12.7. The molecule has 1 aliphatic rings. The number of hydrogen-bond donors (Lipinski definition) is 1. The number of thiazole rings is 1. The van der Waals surface area contributed by atoms with Crippen molar-refractivity contribution in [2.45, 2.75) is 18.2 Å². The monoisotopic (exact) mass is 459 g/mol. The van der Waals surface area contributed by atoms with Crippen molar-refractivity contribution in [2.24, 2.45) is 5.92 Å². The molecule has 1 saturated heterocycles. The Kier molecular flexibility index (Phi) is 5.67. The topological polar surface area (TPSA) is 106 Å². The molecule has 31 heavy (non-hydrogen) atoms. The van der Waals surface area contributed by atoms with Gasteiger partial charge >= 0.3 is 0 Å². The largest absolute Gasteiger partial charge is 0.494 e. The minimum absolute atomic E-state index is 0.113. The van der Waals surface area contributed by atoms with Crippen LogP contribution in [-0.4, -0.2) is 44.6 Å². The average molecular weight is 460 g/mol. The van der Waals surface area contributed by atoms with Crippen molar-refractivity contribution in [1.29, 1.82) is 0 Å². The number of sulfone groups is 1. The lowest BCUT2D eigenvalue weighted by molar-refractivity contribution is -0.122. The molecule has 0 aliphatic carbocycles. The van der Waals surface area contributed by atoms with E-state index in [1.54, 1.807) is 41.3 Å². The Morgan fingerprint density at radius 2 is 2.00 bits per heavy atom. The van der Waals surface area contributed by atoms with Crippen LogP contribution < -0.4 is 15.0 Å². The van der Waals surface area contributed by atoms with Crippen LogP contribution in [0.5, 0.6) is 5.75 Å². The normalized spacial score (nSPS) is 16.6. The van der Waals surface area contributed by atoms with Gasteiger partial charge < -0.3 is 15.0 Å². The number of rotatable bonds is 6. The van der Waals surface area contributed by atoms with Crippen molar-refractivity contribution in [2.75, 3.05) is 29.6 Å². The van der Waals surface area contributed by atoms with Gasteiger partial charge in [0.25, 0.3) is 0 Å². The molecule has 162 valence electrons. The molecule has 1 aromatic heterocycles. The fourth-order valence-corrected chi connectivity index (χ4v) is 5.05. The second-order valence-electron chi connectivity index (χ2n) is 7.24. The quantitative estimate of drug-likeness (QED) is 0.607. The second-order valence-corrected chi connectivity index (χ2v) is 10.3. The molecular formula is C21H21N3O5S2. The van der Waals surface area contributed by atoms with Crippen LogP contribution in [0.15, 0.2) is 47.4 Å². The molecule has 8 nitrogen and oxygen atoms in total. The zero-order valence-corrected chi connectivity index (χ0v) is 18.6. The molecule has 4 rings (SSSR count). The van der Waals surface area contributed by atoms with Crippen molar-refractivity contribution in [3.05, 3.63) is 42.5 Å². The van der Waals surface area contributed by atoms with E-state index in [1.165, 1.54) is 17.4 Å². The Bertz CT molecular complexity index is 1250. The van der Waals surface area contributed by atoms with Crippen LogP contribution in [0.1, 0.15) is 13.3 Å². The van der Waals surface area contributed by atoms with Gasteiger partial charge in [-0.25, -0.2) is 13.4 Å². The summed E-state index contributed by atoms with van der Waals surface area (Å²) in [5.74, 6) is -0.185. The third-order valence-electron chi connectivity index (χ3n) is 4.97. The van der Waals surface area contributed by atoms with Gasteiger partial charge in [-0.05, 0) is 49.4 Å². The van der Waals surface area contributed by atoms with Crippen molar-refractivity contribution in [3.63, 3.8) is 0 Å². The lowest BCUT2D eigenvalue weighted by Crippen LogP contribution is -2.28. The summed E-state index contributed by atoms with van der Waals surface area (Å²) in [4.78, 5) is 31.4. The van der Waals surface area contributed by atoms with Crippen molar-refractivity contribution in [3.8, 4) is 5.75 Å². The van der Waals surface area contributed by atoms with Crippen molar-refractivity contribution >= 4 is 54.0 Å². The number of hydrogen-bond acceptors (Lipinski definition) is 7. The number of aromatic nitrogens is 1. The van der Waals surface area contributed by atoms with Crippen LogP contribution in [0, 0.1) is 5.92 Å². The van der Waals surface area contributed by atoms with Gasteiger partial charge in [-0.3, -0.25) is 9.59 Å². The van der Waals surface area contributed by atoms with Gasteiger partial charge in [0.05, 0.1) is 27.6 Å². The van der Waals surface area contributed by atoms with E-state index in [0.29, 0.717) is 22.0 Å². The number of carbonyl (C=O) groups excluding carboxylic acids is 2. The highest BCUT2D eigenvalue weighted by Gasteiger charge is 2.35. The zero-order chi connectivity index (χ0) is 22.2. The minimum Gasteiger partial charge on any atom is -0.494 e. The van der Waals surface area contributed by atoms with E-state index in [4.69, 9.17) is 4.74 Å². The first-order chi connectivity index (χ1) is 14.7. The Labute approximate surface area is 183 Å². The second kappa shape index (κ2) is 8.27. The van der Waals surface area contributed by atoms with Gasteiger partial charge in [0, 0.05) is 24.9 Å². The highest BCUT2D eigenvalue weighted by Crippen LogP contribution is 2.31. The van der Waals surface area contributed by atoms with Crippen LogP contribution in [0.4, 0.5) is 10.8 Å². The summed E-state index contributed by atoms with van der Waals surface area (Å²) in [5.41, 5.74) is 1.32. The highest BCUT2D eigenvalue weighted by atomic mass is 32.2. The van der Waals surface area contributed by atoms with E-state index in [2.05, 4.69) is 10.3 Å². The predicted molar refractivity (Wildman–Crippen MR) is 119 cm³/mol. The lowest BCUT2D eigenvalue weighted by atomic mass is 10.1. The molecule has 0 radical (unpaired) electrons. The van der Waals surface area contributed by atoms with E-state index >= 15 is 0 Å². The first-order valence-electron chi connectivity index (χ1n) is 9.69. The summed E-state index contributed by atoms with van der Waals surface area (Å²) in [6.45, 7) is 2.74. The fraction of sp³-hybridized carbons (Fsp3) is 0.286. The zero-order valence-electron chi connectivity index (χ0n) is 17.0. The van der Waals surface area contributed by atoms with Crippen LogP contribution in [-0.2, 0) is 19.4 Å². The molecule has 2 aromatic carbocycles. The average Bonchev–Trinajstić information content (AvgIpc) is 3.30. The van der Waals surface area contributed by atoms with Gasteiger partial charge in [0.2, 0.25) is 11.8 Å². The molecule has 0 saturated carbocycles. The van der Waals surface area contributed by atoms with Gasteiger partial charge in [-0.2, -0.15) is 0 Å². The first kappa shape index (κ1) is 21.3. The Balaban J connectivity index is 1.46. The number of ether oxygens (including phenoxy) is 1. The lowest BCUT2D eigenvalue weighted by Gasteiger charge is -2.17. The molecule has 0 bridgehead atoms. The maximum absolute atomic E-state index is 12.7. The Morgan fingerprint density at radius 1 is 1.26 bits per heavy atom. The number of amides is 2. The number of benzene rings is 2. The number of nitrogens with one attached hydrogen (secondary N) is 1. The van der Waals surface area contributed by atoms with Gasteiger partial charge in [0.15, 0.2) is 15.0 Å². The SMILES string of the molecule is CCOc1ccc(N2C[C@H](C(=O)Nc3nc4ccc(S(C)(=O)=O)cc4s3)CC2=O)cc1. The van der Waals surface area contributed by atoms with E-state index in [9.17, 15) is 18.0 Å². The van der Waals surface area contributed by atoms with Gasteiger partial charge in [0.1, 0.15) is 5.75 Å².